The lowest BCUT2D eigenvalue weighted by Crippen LogP contribution is -2.67. The molecule has 0 aromatic heterocycles. The van der Waals surface area contributed by atoms with Gasteiger partial charge in [0.2, 0.25) is 0 Å². The van der Waals surface area contributed by atoms with Gasteiger partial charge in [-0.2, -0.15) is 34.8 Å². The molecule has 0 radical (unpaired) electrons. The first kappa shape index (κ1) is 20.7. The number of para-hydroxylation sites is 1. The molecule has 1 aromatic carbocycles. The summed E-state index contributed by atoms with van der Waals surface area (Å²) in [5.74, 6) is -1.97. The molecule has 2 aliphatic rings. The molecule has 0 N–H and O–H groups in total. The van der Waals surface area contributed by atoms with Gasteiger partial charge >= 0.3 is 34.2 Å². The summed E-state index contributed by atoms with van der Waals surface area (Å²) < 4.78 is 114. The van der Waals surface area contributed by atoms with E-state index in [1.165, 1.54) is 24.3 Å². The first-order chi connectivity index (χ1) is 12.7. The largest absolute Gasteiger partial charge is 0.453 e. The Labute approximate surface area is 155 Å². The van der Waals surface area contributed by atoms with E-state index in [-0.39, 0.29) is 10.6 Å². The Morgan fingerprint density at radius 1 is 1.11 bits per heavy atom. The molecule has 0 spiro atoms. The SMILES string of the molecule is C[C@@]12C[C@@H](S(=O)(=O)Oc3ccccc3)CN1C(C(F)(F)F)(C(F)(F)F)OC2=O. The number of halogens is 6. The van der Waals surface area contributed by atoms with Crippen molar-refractivity contribution in [3.63, 3.8) is 0 Å². The summed E-state index contributed by atoms with van der Waals surface area (Å²) in [5.41, 5.74) is -7.37. The molecule has 13 heteroatoms. The summed E-state index contributed by atoms with van der Waals surface area (Å²) in [6.07, 6.45) is -12.9. The predicted octanol–water partition coefficient (Wildman–Crippen LogP) is 2.61. The quantitative estimate of drug-likeness (QED) is 0.415. The minimum Gasteiger partial charge on any atom is -0.423 e. The molecule has 0 unspecified atom stereocenters. The number of hydrogen-bond donors (Lipinski definition) is 0. The Bertz CT molecular complexity index is 870. The molecule has 6 nitrogen and oxygen atoms in total. The van der Waals surface area contributed by atoms with Crippen LogP contribution in [0.1, 0.15) is 13.3 Å². The Morgan fingerprint density at radius 3 is 2.14 bits per heavy atom. The highest BCUT2D eigenvalue weighted by Crippen LogP contribution is 2.57. The standard InChI is InChI=1S/C15H13F6NO5S/c1-12-7-10(28(24,25)27-9-5-3-2-4-6-9)8-22(12)13(14(16,17)18,15(19,20)21)26-11(12)23/h2-6,10H,7-8H2,1H3/t10-,12+/m1/s1. The number of alkyl halides is 6. The number of rotatable bonds is 3. The van der Waals surface area contributed by atoms with Crippen LogP contribution < -0.4 is 4.18 Å². The number of carbonyl (C=O) groups is 1. The number of esters is 1. The van der Waals surface area contributed by atoms with Gasteiger partial charge < -0.3 is 8.92 Å². The van der Waals surface area contributed by atoms with Crippen LogP contribution in [0.3, 0.4) is 0 Å². The third-order valence-corrected chi connectivity index (χ3v) is 6.36. The maximum Gasteiger partial charge on any atom is 0.453 e. The van der Waals surface area contributed by atoms with Gasteiger partial charge in [0.1, 0.15) is 16.5 Å². The van der Waals surface area contributed by atoms with Gasteiger partial charge in [-0.25, -0.2) is 9.69 Å². The smallest absolute Gasteiger partial charge is 0.423 e. The van der Waals surface area contributed by atoms with Crippen LogP contribution in [0.15, 0.2) is 30.3 Å². The van der Waals surface area contributed by atoms with E-state index >= 15 is 0 Å². The zero-order chi connectivity index (χ0) is 21.2. The molecule has 2 heterocycles. The zero-order valence-electron chi connectivity index (χ0n) is 14.0. The van der Waals surface area contributed by atoms with Gasteiger partial charge in [0.15, 0.2) is 0 Å². The maximum absolute atomic E-state index is 13.4. The van der Waals surface area contributed by atoms with Gasteiger partial charge in [-0.15, -0.1) is 0 Å². The second kappa shape index (κ2) is 5.99. The molecule has 2 saturated heterocycles. The average Bonchev–Trinajstić information content (AvgIpc) is 3.00. The second-order valence-corrected chi connectivity index (χ2v) is 8.45. The third-order valence-electron chi connectivity index (χ3n) is 4.80. The Hall–Kier alpha value is -2.02. The summed E-state index contributed by atoms with van der Waals surface area (Å²) >= 11 is 0. The molecule has 2 aliphatic heterocycles. The summed E-state index contributed by atoms with van der Waals surface area (Å²) in [7, 11) is -4.64. The van der Waals surface area contributed by atoms with Crippen LogP contribution in [0, 0.1) is 0 Å². The first-order valence-electron chi connectivity index (χ1n) is 7.78. The van der Waals surface area contributed by atoms with Crippen molar-refractivity contribution in [2.24, 2.45) is 0 Å². The van der Waals surface area contributed by atoms with Gasteiger partial charge in [0.25, 0.3) is 0 Å². The topological polar surface area (TPSA) is 72.9 Å². The van der Waals surface area contributed by atoms with Crippen LogP contribution in [-0.2, 0) is 19.6 Å². The molecular weight excluding hydrogens is 420 g/mol. The Morgan fingerprint density at radius 2 is 1.64 bits per heavy atom. The molecule has 0 amide bonds. The van der Waals surface area contributed by atoms with Crippen LogP contribution in [-0.4, -0.2) is 54.7 Å². The maximum atomic E-state index is 13.4. The summed E-state index contributed by atoms with van der Waals surface area (Å²) in [6.45, 7) is -0.469. The fraction of sp³-hybridized carbons (Fsp3) is 0.533. The van der Waals surface area contributed by atoms with E-state index < -0.39 is 57.9 Å². The van der Waals surface area contributed by atoms with E-state index in [1.807, 2.05) is 0 Å². The molecule has 156 valence electrons. The number of fused-ring (bicyclic) bond motifs is 1. The molecule has 0 bridgehead atoms. The van der Waals surface area contributed by atoms with Crippen molar-refractivity contribution < 1.29 is 48.5 Å². The van der Waals surface area contributed by atoms with E-state index in [1.54, 1.807) is 6.07 Å². The molecular formula is C15H13F6NO5S. The van der Waals surface area contributed by atoms with Gasteiger partial charge in [0, 0.05) is 6.54 Å². The number of cyclic esters (lactones) is 1. The van der Waals surface area contributed by atoms with Crippen LogP contribution >= 0.6 is 0 Å². The monoisotopic (exact) mass is 433 g/mol. The van der Waals surface area contributed by atoms with Crippen molar-refractivity contribution in [1.82, 2.24) is 4.90 Å². The predicted molar refractivity (Wildman–Crippen MR) is 80.4 cm³/mol. The minimum absolute atomic E-state index is 0.166. The summed E-state index contributed by atoms with van der Waals surface area (Å²) in [4.78, 5) is 11.7. The normalized spacial score (nSPS) is 28.1. The van der Waals surface area contributed by atoms with Crippen molar-refractivity contribution in [2.75, 3.05) is 6.54 Å². The molecule has 0 aliphatic carbocycles. The fourth-order valence-corrected chi connectivity index (χ4v) is 4.82. The highest BCUT2D eigenvalue weighted by Gasteiger charge is 2.85. The lowest BCUT2D eigenvalue weighted by atomic mass is 9.99. The second-order valence-electron chi connectivity index (χ2n) is 6.63. The lowest BCUT2D eigenvalue weighted by molar-refractivity contribution is -0.401. The number of benzene rings is 1. The summed E-state index contributed by atoms with van der Waals surface area (Å²) in [5, 5.41) is -1.81. The first-order valence-corrected chi connectivity index (χ1v) is 9.25. The highest BCUT2D eigenvalue weighted by atomic mass is 32.2. The molecule has 28 heavy (non-hydrogen) atoms. The third kappa shape index (κ3) is 2.82. The molecule has 2 fully saturated rings. The van der Waals surface area contributed by atoms with E-state index in [9.17, 15) is 39.6 Å². The average molecular weight is 433 g/mol. The van der Waals surface area contributed by atoms with Gasteiger partial charge in [-0.3, -0.25) is 0 Å². The van der Waals surface area contributed by atoms with Crippen molar-refractivity contribution in [2.45, 2.75) is 42.2 Å². The Balaban J connectivity index is 2.01. The molecule has 2 atom stereocenters. The molecule has 0 saturated carbocycles. The van der Waals surface area contributed by atoms with Crippen LogP contribution in [0.4, 0.5) is 26.3 Å². The van der Waals surface area contributed by atoms with Crippen LogP contribution in [0.2, 0.25) is 0 Å². The number of hydrogen-bond acceptors (Lipinski definition) is 6. The van der Waals surface area contributed by atoms with Crippen LogP contribution in [0.5, 0.6) is 5.75 Å². The van der Waals surface area contributed by atoms with E-state index in [0.717, 1.165) is 6.92 Å². The lowest BCUT2D eigenvalue weighted by Gasteiger charge is -2.39. The van der Waals surface area contributed by atoms with E-state index in [0.29, 0.717) is 0 Å². The minimum atomic E-state index is -6.04. The number of ether oxygens (including phenoxy) is 1. The van der Waals surface area contributed by atoms with Crippen molar-refractivity contribution in [3.05, 3.63) is 30.3 Å². The molecule has 1 aromatic rings. The molecule has 3 rings (SSSR count). The summed E-state index contributed by atoms with van der Waals surface area (Å²) in [6, 6.07) is 6.89. The van der Waals surface area contributed by atoms with Crippen LogP contribution in [0.25, 0.3) is 0 Å². The van der Waals surface area contributed by atoms with Crippen molar-refractivity contribution in [1.29, 1.82) is 0 Å². The fourth-order valence-electron chi connectivity index (χ4n) is 3.45. The zero-order valence-corrected chi connectivity index (χ0v) is 14.9. The number of carbonyl (C=O) groups excluding carboxylic acids is 1. The van der Waals surface area contributed by atoms with Crippen molar-refractivity contribution >= 4 is 16.1 Å². The van der Waals surface area contributed by atoms with Crippen molar-refractivity contribution in [3.8, 4) is 5.75 Å². The Kier molecular flexibility index (Phi) is 4.43. The van der Waals surface area contributed by atoms with Gasteiger partial charge in [0.05, 0.1) is 0 Å². The van der Waals surface area contributed by atoms with Gasteiger partial charge in [-0.05, 0) is 25.5 Å². The van der Waals surface area contributed by atoms with Gasteiger partial charge in [-0.1, -0.05) is 18.2 Å². The van der Waals surface area contributed by atoms with E-state index in [4.69, 9.17) is 4.18 Å². The number of nitrogens with zero attached hydrogens (tertiary/aromatic N) is 1. The van der Waals surface area contributed by atoms with E-state index in [2.05, 4.69) is 4.74 Å². The highest BCUT2D eigenvalue weighted by molar-refractivity contribution is 7.87.